The molecule has 2 aromatic carbocycles. The van der Waals surface area contributed by atoms with Gasteiger partial charge in [0, 0.05) is 17.0 Å². The topological polar surface area (TPSA) is 55.1 Å². The summed E-state index contributed by atoms with van der Waals surface area (Å²) in [6.45, 7) is -0.140. The van der Waals surface area contributed by atoms with E-state index < -0.39 is 23.4 Å². The molecule has 22 heavy (non-hydrogen) atoms. The summed E-state index contributed by atoms with van der Waals surface area (Å²) in [5, 5.41) is 13.3. The summed E-state index contributed by atoms with van der Waals surface area (Å²) in [6, 6.07) is 6.59. The first-order chi connectivity index (χ1) is 10.5. The average Bonchev–Trinajstić information content (AvgIpc) is 2.80. The molecule has 0 aliphatic carbocycles. The van der Waals surface area contributed by atoms with E-state index in [9.17, 15) is 18.0 Å². The number of rotatable bonds is 3. The Morgan fingerprint density at radius 2 is 1.77 bits per heavy atom. The van der Waals surface area contributed by atoms with Crippen LogP contribution in [0.3, 0.4) is 0 Å². The van der Waals surface area contributed by atoms with Gasteiger partial charge in [-0.15, -0.1) is 0 Å². The van der Waals surface area contributed by atoms with Gasteiger partial charge in [-0.2, -0.15) is 5.10 Å². The molecule has 1 N–H and O–H groups in total. The van der Waals surface area contributed by atoms with Gasteiger partial charge in [-0.3, -0.25) is 4.68 Å². The highest BCUT2D eigenvalue weighted by Crippen LogP contribution is 2.22. The van der Waals surface area contributed by atoms with Gasteiger partial charge in [-0.05, 0) is 24.3 Å². The number of carboxylic acid groups (broad SMARTS) is 1. The minimum Gasteiger partial charge on any atom is -0.476 e. The summed E-state index contributed by atoms with van der Waals surface area (Å²) < 4.78 is 41.2. The van der Waals surface area contributed by atoms with Gasteiger partial charge >= 0.3 is 5.97 Å². The summed E-state index contributed by atoms with van der Waals surface area (Å²) in [5.41, 5.74) is 0.0886. The molecule has 0 bridgehead atoms. The minimum absolute atomic E-state index is 0.118. The smallest absolute Gasteiger partial charge is 0.357 e. The number of aromatic nitrogens is 2. The molecule has 1 heterocycles. The van der Waals surface area contributed by atoms with E-state index in [0.717, 1.165) is 24.3 Å². The molecule has 1 aromatic heterocycles. The molecule has 0 aliphatic rings. The molecular weight excluding hydrogens is 297 g/mol. The zero-order valence-electron chi connectivity index (χ0n) is 11.1. The molecular formula is C15H9F3N2O2. The number of hydrogen-bond acceptors (Lipinski definition) is 2. The van der Waals surface area contributed by atoms with Crippen molar-refractivity contribution >= 4 is 16.9 Å². The first kappa shape index (κ1) is 14.1. The Bertz CT molecular complexity index is 890. The van der Waals surface area contributed by atoms with E-state index in [4.69, 9.17) is 5.11 Å². The van der Waals surface area contributed by atoms with E-state index in [1.54, 1.807) is 0 Å². The van der Waals surface area contributed by atoms with Gasteiger partial charge in [0.2, 0.25) is 0 Å². The van der Waals surface area contributed by atoms with Gasteiger partial charge in [-0.25, -0.2) is 18.0 Å². The van der Waals surface area contributed by atoms with Crippen molar-refractivity contribution in [2.75, 3.05) is 0 Å². The lowest BCUT2D eigenvalue weighted by molar-refractivity contribution is 0.0691. The number of nitrogens with zero attached hydrogens (tertiary/aromatic N) is 2. The molecule has 7 heteroatoms. The van der Waals surface area contributed by atoms with Crippen molar-refractivity contribution in [2.45, 2.75) is 6.54 Å². The van der Waals surface area contributed by atoms with Crippen molar-refractivity contribution in [1.29, 1.82) is 0 Å². The van der Waals surface area contributed by atoms with E-state index >= 15 is 0 Å². The molecule has 4 nitrogen and oxygen atoms in total. The first-order valence-corrected chi connectivity index (χ1v) is 6.29. The Balaban J connectivity index is 2.14. The quantitative estimate of drug-likeness (QED) is 0.808. The molecule has 0 atom stereocenters. The zero-order chi connectivity index (χ0) is 15.9. The maximum Gasteiger partial charge on any atom is 0.357 e. The number of benzene rings is 2. The Hall–Kier alpha value is -2.83. The highest BCUT2D eigenvalue weighted by atomic mass is 19.1. The van der Waals surface area contributed by atoms with Crippen LogP contribution >= 0.6 is 0 Å². The van der Waals surface area contributed by atoms with Crippen LogP contribution in [0.2, 0.25) is 0 Å². The fraction of sp³-hybridized carbons (Fsp3) is 0.0667. The molecule has 112 valence electrons. The number of aromatic carboxylic acids is 1. The monoisotopic (exact) mass is 306 g/mol. The largest absolute Gasteiger partial charge is 0.476 e. The lowest BCUT2D eigenvalue weighted by Crippen LogP contribution is -2.06. The van der Waals surface area contributed by atoms with E-state index in [-0.39, 0.29) is 28.7 Å². The molecule has 0 fully saturated rings. The second-order valence-corrected chi connectivity index (χ2v) is 4.71. The summed E-state index contributed by atoms with van der Waals surface area (Å²) in [5.74, 6) is -3.33. The minimum atomic E-state index is -1.27. The Labute approximate surface area is 122 Å². The van der Waals surface area contributed by atoms with E-state index in [1.807, 2.05) is 0 Å². The van der Waals surface area contributed by atoms with E-state index in [1.165, 1.54) is 16.8 Å². The molecule has 0 spiro atoms. The molecule has 0 unspecified atom stereocenters. The predicted molar refractivity (Wildman–Crippen MR) is 72.1 cm³/mol. The molecule has 3 rings (SSSR count). The van der Waals surface area contributed by atoms with Crippen molar-refractivity contribution < 1.29 is 23.1 Å². The van der Waals surface area contributed by atoms with Crippen LogP contribution in [0.1, 0.15) is 16.1 Å². The van der Waals surface area contributed by atoms with E-state index in [0.29, 0.717) is 0 Å². The van der Waals surface area contributed by atoms with Crippen LogP contribution in [0.4, 0.5) is 13.2 Å². The van der Waals surface area contributed by atoms with Crippen LogP contribution < -0.4 is 0 Å². The highest BCUT2D eigenvalue weighted by molar-refractivity contribution is 6.01. The molecule has 3 aromatic rings. The first-order valence-electron chi connectivity index (χ1n) is 6.29. The molecule has 0 aliphatic heterocycles. The van der Waals surface area contributed by atoms with Crippen LogP contribution in [-0.2, 0) is 6.54 Å². The molecule has 0 amide bonds. The fourth-order valence-corrected chi connectivity index (χ4v) is 2.24. The number of halogens is 3. The normalized spacial score (nSPS) is 11.0. The van der Waals surface area contributed by atoms with Gasteiger partial charge in [0.15, 0.2) is 5.69 Å². The second kappa shape index (κ2) is 5.18. The van der Waals surface area contributed by atoms with Crippen LogP contribution in [0.15, 0.2) is 36.4 Å². The maximum absolute atomic E-state index is 13.7. The summed E-state index contributed by atoms with van der Waals surface area (Å²) in [7, 11) is 0. The van der Waals surface area contributed by atoms with Gasteiger partial charge in [0.05, 0.1) is 12.1 Å². The average molecular weight is 306 g/mol. The molecule has 0 saturated heterocycles. The fourth-order valence-electron chi connectivity index (χ4n) is 2.24. The van der Waals surface area contributed by atoms with Crippen LogP contribution in [0.25, 0.3) is 10.9 Å². The van der Waals surface area contributed by atoms with Gasteiger partial charge < -0.3 is 5.11 Å². The Morgan fingerprint density at radius 1 is 1.09 bits per heavy atom. The maximum atomic E-state index is 13.7. The summed E-state index contributed by atoms with van der Waals surface area (Å²) >= 11 is 0. The standard InChI is InChI=1S/C15H9F3N2O2/c16-9-2-1-8(12(18)5-9)7-20-13-6-10(17)3-4-11(13)14(19-20)15(21)22/h1-6H,7H2,(H,21,22). The zero-order valence-corrected chi connectivity index (χ0v) is 11.1. The lowest BCUT2D eigenvalue weighted by Gasteiger charge is -2.05. The van der Waals surface area contributed by atoms with Crippen molar-refractivity contribution in [3.05, 3.63) is 65.1 Å². The molecule has 0 saturated carbocycles. The number of carbonyl (C=O) groups is 1. The third kappa shape index (κ3) is 2.41. The SMILES string of the molecule is O=C(O)c1nn(Cc2ccc(F)cc2F)c2cc(F)ccc12. The van der Waals surface area contributed by atoms with Gasteiger partial charge in [0.25, 0.3) is 0 Å². The van der Waals surface area contributed by atoms with Gasteiger partial charge in [-0.1, -0.05) is 6.07 Å². The third-order valence-corrected chi connectivity index (χ3v) is 3.25. The lowest BCUT2D eigenvalue weighted by atomic mass is 10.2. The highest BCUT2D eigenvalue weighted by Gasteiger charge is 2.17. The number of hydrogen-bond donors (Lipinski definition) is 1. The summed E-state index contributed by atoms with van der Waals surface area (Å²) in [4.78, 5) is 11.2. The van der Waals surface area contributed by atoms with Crippen molar-refractivity contribution in [2.24, 2.45) is 0 Å². The third-order valence-electron chi connectivity index (χ3n) is 3.25. The second-order valence-electron chi connectivity index (χ2n) is 4.71. The predicted octanol–water partition coefficient (Wildman–Crippen LogP) is 3.20. The van der Waals surface area contributed by atoms with Crippen molar-refractivity contribution in [1.82, 2.24) is 9.78 Å². The van der Waals surface area contributed by atoms with Crippen LogP contribution in [0, 0.1) is 17.5 Å². The van der Waals surface area contributed by atoms with Crippen LogP contribution in [-0.4, -0.2) is 20.9 Å². The summed E-state index contributed by atoms with van der Waals surface area (Å²) in [6.07, 6.45) is 0. The van der Waals surface area contributed by atoms with Gasteiger partial charge in [0.1, 0.15) is 17.5 Å². The van der Waals surface area contributed by atoms with Crippen molar-refractivity contribution in [3.8, 4) is 0 Å². The van der Waals surface area contributed by atoms with Crippen LogP contribution in [0.5, 0.6) is 0 Å². The Morgan fingerprint density at radius 3 is 2.45 bits per heavy atom. The van der Waals surface area contributed by atoms with Crippen molar-refractivity contribution in [3.63, 3.8) is 0 Å². The van der Waals surface area contributed by atoms with E-state index in [2.05, 4.69) is 5.10 Å². The number of carboxylic acids is 1. The number of fused-ring (bicyclic) bond motifs is 1. The Kier molecular flexibility index (Phi) is 3.32. The molecule has 0 radical (unpaired) electrons.